The van der Waals surface area contributed by atoms with Crippen LogP contribution in [0.3, 0.4) is 0 Å². The molecular weight excluding hydrogens is 166 g/mol. The second-order valence-electron chi connectivity index (χ2n) is 3.05. The van der Waals surface area contributed by atoms with Crippen molar-refractivity contribution >= 4 is 5.82 Å². The number of anilines is 1. The highest BCUT2D eigenvalue weighted by Crippen LogP contribution is 2.23. The molecule has 2 heterocycles. The number of nitrogens with zero attached hydrogens (tertiary/aromatic N) is 2. The maximum Gasteiger partial charge on any atom is 0.121 e. The van der Waals surface area contributed by atoms with E-state index in [2.05, 4.69) is 5.10 Å². The lowest BCUT2D eigenvalue weighted by atomic mass is 10.1. The van der Waals surface area contributed by atoms with Gasteiger partial charge in [-0.05, 0) is 12.5 Å². The van der Waals surface area contributed by atoms with E-state index in [-0.39, 0.29) is 0 Å². The van der Waals surface area contributed by atoms with Crippen LogP contribution in [-0.4, -0.2) is 9.78 Å². The molecule has 0 saturated carbocycles. The molecule has 2 aromatic heterocycles. The van der Waals surface area contributed by atoms with E-state index < -0.39 is 0 Å². The van der Waals surface area contributed by atoms with Gasteiger partial charge in [0.25, 0.3) is 0 Å². The van der Waals surface area contributed by atoms with E-state index >= 15 is 0 Å². The number of rotatable bonds is 1. The van der Waals surface area contributed by atoms with Crippen LogP contribution in [0.25, 0.3) is 11.3 Å². The summed E-state index contributed by atoms with van der Waals surface area (Å²) in [7, 11) is 1.81. The fraction of sp³-hybridized carbons (Fsp3) is 0.222. The van der Waals surface area contributed by atoms with Crippen molar-refractivity contribution in [2.45, 2.75) is 6.92 Å². The Kier molecular flexibility index (Phi) is 1.62. The zero-order valence-corrected chi connectivity index (χ0v) is 7.61. The molecule has 0 spiro atoms. The molecule has 0 unspecified atom stereocenters. The van der Waals surface area contributed by atoms with Crippen LogP contribution >= 0.6 is 0 Å². The molecule has 0 aromatic carbocycles. The first-order valence-electron chi connectivity index (χ1n) is 4.01. The largest absolute Gasteiger partial charge is 0.472 e. The Hall–Kier alpha value is -1.71. The molecule has 68 valence electrons. The summed E-state index contributed by atoms with van der Waals surface area (Å²) in [5, 5.41) is 4.25. The van der Waals surface area contributed by atoms with Gasteiger partial charge in [0.05, 0.1) is 18.2 Å². The second kappa shape index (κ2) is 2.65. The number of nitrogen functional groups attached to an aromatic ring is 1. The van der Waals surface area contributed by atoms with E-state index in [1.165, 1.54) is 0 Å². The molecule has 0 amide bonds. The topological polar surface area (TPSA) is 57.0 Å². The van der Waals surface area contributed by atoms with Crippen LogP contribution in [0.4, 0.5) is 5.82 Å². The lowest BCUT2D eigenvalue weighted by Gasteiger charge is -1.90. The van der Waals surface area contributed by atoms with Crippen molar-refractivity contribution in [3.63, 3.8) is 0 Å². The van der Waals surface area contributed by atoms with Gasteiger partial charge in [-0.1, -0.05) is 0 Å². The molecule has 2 aromatic rings. The third kappa shape index (κ3) is 1.20. The molecule has 13 heavy (non-hydrogen) atoms. The fourth-order valence-electron chi connectivity index (χ4n) is 1.24. The summed E-state index contributed by atoms with van der Waals surface area (Å²) in [6.07, 6.45) is 3.37. The van der Waals surface area contributed by atoms with Crippen LogP contribution in [0.15, 0.2) is 23.0 Å². The van der Waals surface area contributed by atoms with Crippen LogP contribution in [-0.2, 0) is 7.05 Å². The van der Waals surface area contributed by atoms with E-state index in [1.54, 1.807) is 17.2 Å². The zero-order chi connectivity index (χ0) is 9.42. The van der Waals surface area contributed by atoms with Crippen molar-refractivity contribution in [2.75, 3.05) is 5.73 Å². The predicted molar refractivity (Wildman–Crippen MR) is 50.1 cm³/mol. The summed E-state index contributed by atoms with van der Waals surface area (Å²) in [4.78, 5) is 0. The molecule has 0 saturated heterocycles. The van der Waals surface area contributed by atoms with E-state index in [0.717, 1.165) is 16.8 Å². The molecule has 0 bridgehead atoms. The molecule has 2 N–H and O–H groups in total. The molecule has 0 fully saturated rings. The Bertz CT molecular complexity index is 408. The van der Waals surface area contributed by atoms with Crippen molar-refractivity contribution in [1.82, 2.24) is 9.78 Å². The van der Waals surface area contributed by atoms with Crippen LogP contribution in [0.5, 0.6) is 0 Å². The SMILES string of the molecule is Cc1cocc1-c1cc(N)n(C)n1. The van der Waals surface area contributed by atoms with Crippen molar-refractivity contribution < 1.29 is 4.42 Å². The summed E-state index contributed by atoms with van der Waals surface area (Å²) in [5.41, 5.74) is 8.58. The Morgan fingerprint density at radius 2 is 2.23 bits per heavy atom. The van der Waals surface area contributed by atoms with Crippen LogP contribution < -0.4 is 5.73 Å². The third-order valence-electron chi connectivity index (χ3n) is 2.05. The third-order valence-corrected chi connectivity index (χ3v) is 2.05. The van der Waals surface area contributed by atoms with Gasteiger partial charge in [-0.25, -0.2) is 0 Å². The van der Waals surface area contributed by atoms with E-state index in [0.29, 0.717) is 5.82 Å². The number of nitrogens with two attached hydrogens (primary N) is 1. The maximum absolute atomic E-state index is 5.67. The van der Waals surface area contributed by atoms with Gasteiger partial charge in [0.15, 0.2) is 0 Å². The van der Waals surface area contributed by atoms with Crippen molar-refractivity contribution in [1.29, 1.82) is 0 Å². The number of hydrogen-bond acceptors (Lipinski definition) is 3. The summed E-state index contributed by atoms with van der Waals surface area (Å²) in [5.74, 6) is 0.649. The van der Waals surface area contributed by atoms with Gasteiger partial charge in [0, 0.05) is 18.7 Å². The summed E-state index contributed by atoms with van der Waals surface area (Å²) < 4.78 is 6.70. The van der Waals surface area contributed by atoms with Crippen molar-refractivity contribution in [3.8, 4) is 11.3 Å². The van der Waals surface area contributed by atoms with Crippen LogP contribution in [0, 0.1) is 6.92 Å². The van der Waals surface area contributed by atoms with Gasteiger partial charge in [-0.15, -0.1) is 0 Å². The van der Waals surface area contributed by atoms with Gasteiger partial charge >= 0.3 is 0 Å². The predicted octanol–water partition coefficient (Wildman–Crippen LogP) is 1.57. The van der Waals surface area contributed by atoms with E-state index in [4.69, 9.17) is 10.2 Å². The Labute approximate surface area is 76.0 Å². The second-order valence-corrected chi connectivity index (χ2v) is 3.05. The summed E-state index contributed by atoms with van der Waals surface area (Å²) >= 11 is 0. The fourth-order valence-corrected chi connectivity index (χ4v) is 1.24. The van der Waals surface area contributed by atoms with Gasteiger partial charge < -0.3 is 10.2 Å². The first kappa shape index (κ1) is 7.91. The van der Waals surface area contributed by atoms with Gasteiger partial charge in [-0.2, -0.15) is 5.10 Å². The highest BCUT2D eigenvalue weighted by atomic mass is 16.3. The summed E-state index contributed by atoms with van der Waals surface area (Å²) in [6.45, 7) is 1.98. The maximum atomic E-state index is 5.67. The Morgan fingerprint density at radius 1 is 1.46 bits per heavy atom. The van der Waals surface area contributed by atoms with Gasteiger partial charge in [0.2, 0.25) is 0 Å². The molecule has 4 heteroatoms. The lowest BCUT2D eigenvalue weighted by molar-refractivity contribution is 0.566. The average Bonchev–Trinajstić information content (AvgIpc) is 2.60. The Morgan fingerprint density at radius 3 is 2.69 bits per heavy atom. The van der Waals surface area contributed by atoms with Gasteiger partial charge in [-0.3, -0.25) is 4.68 Å². The van der Waals surface area contributed by atoms with Crippen molar-refractivity contribution in [3.05, 3.63) is 24.2 Å². The van der Waals surface area contributed by atoms with E-state index in [9.17, 15) is 0 Å². The number of aryl methyl sites for hydroxylation is 2. The van der Waals surface area contributed by atoms with Gasteiger partial charge in [0.1, 0.15) is 5.82 Å². The zero-order valence-electron chi connectivity index (χ0n) is 7.61. The molecule has 0 radical (unpaired) electrons. The monoisotopic (exact) mass is 177 g/mol. The molecule has 0 aliphatic heterocycles. The van der Waals surface area contributed by atoms with Crippen LogP contribution in [0.2, 0.25) is 0 Å². The average molecular weight is 177 g/mol. The highest BCUT2D eigenvalue weighted by Gasteiger charge is 2.08. The number of hydrogen-bond donors (Lipinski definition) is 1. The minimum Gasteiger partial charge on any atom is -0.472 e. The molecule has 0 aliphatic carbocycles. The normalized spacial score (nSPS) is 10.6. The van der Waals surface area contributed by atoms with E-state index in [1.807, 2.05) is 20.0 Å². The first-order chi connectivity index (χ1) is 6.18. The molecule has 0 aliphatic rings. The molecule has 2 rings (SSSR count). The minimum absolute atomic E-state index is 0.649. The lowest BCUT2D eigenvalue weighted by Crippen LogP contribution is -1.96. The quantitative estimate of drug-likeness (QED) is 0.719. The minimum atomic E-state index is 0.649. The molecule has 4 nitrogen and oxygen atoms in total. The first-order valence-corrected chi connectivity index (χ1v) is 4.01. The Balaban J connectivity index is 2.53. The van der Waals surface area contributed by atoms with Crippen LogP contribution in [0.1, 0.15) is 5.56 Å². The molecule has 0 atom stereocenters. The number of furan rings is 1. The molecular formula is C9H11N3O. The smallest absolute Gasteiger partial charge is 0.121 e. The van der Waals surface area contributed by atoms with Crippen molar-refractivity contribution in [2.24, 2.45) is 7.05 Å². The standard InChI is InChI=1S/C9H11N3O/c1-6-4-13-5-7(6)8-3-9(10)12(2)11-8/h3-5H,10H2,1-2H3. The highest BCUT2D eigenvalue weighted by molar-refractivity contribution is 5.64. The number of aromatic nitrogens is 2. The summed E-state index contributed by atoms with van der Waals surface area (Å²) in [6, 6.07) is 1.83.